The predicted octanol–water partition coefficient (Wildman–Crippen LogP) is 0.719. The first-order valence-corrected chi connectivity index (χ1v) is 7.80. The number of benzene rings is 1. The molecule has 1 N–H and O–H groups in total. The van der Waals surface area contributed by atoms with Crippen LogP contribution >= 0.6 is 11.6 Å². The molecule has 20 heavy (non-hydrogen) atoms. The van der Waals surface area contributed by atoms with E-state index in [1.807, 2.05) is 0 Å². The number of carbonyl (C=O) groups is 1. The molecular formula is C12H15ClN2O4S. The SMILES string of the molecule is CNS(=O)(=O)c1ccc(Cl)c(C(=O)N2CC(OC)C2)c1. The van der Waals surface area contributed by atoms with E-state index in [0.717, 1.165) is 0 Å². The first-order chi connectivity index (χ1) is 9.39. The van der Waals surface area contributed by atoms with E-state index in [9.17, 15) is 13.2 Å². The van der Waals surface area contributed by atoms with Gasteiger partial charge in [-0.15, -0.1) is 0 Å². The third kappa shape index (κ3) is 2.80. The third-order valence-electron chi connectivity index (χ3n) is 3.22. The van der Waals surface area contributed by atoms with Gasteiger partial charge in [0.25, 0.3) is 5.91 Å². The normalized spacial score (nSPS) is 16.1. The van der Waals surface area contributed by atoms with Crippen LogP contribution in [-0.4, -0.2) is 52.6 Å². The van der Waals surface area contributed by atoms with Crippen molar-refractivity contribution in [2.45, 2.75) is 11.0 Å². The summed E-state index contributed by atoms with van der Waals surface area (Å²) in [7, 11) is -0.712. The van der Waals surface area contributed by atoms with Crippen molar-refractivity contribution in [2.75, 3.05) is 27.2 Å². The number of ether oxygens (including phenoxy) is 1. The van der Waals surface area contributed by atoms with Gasteiger partial charge in [0, 0.05) is 20.2 Å². The van der Waals surface area contributed by atoms with Gasteiger partial charge in [0.2, 0.25) is 10.0 Å². The Balaban J connectivity index is 2.28. The summed E-state index contributed by atoms with van der Waals surface area (Å²) in [5, 5.41) is 0.228. The van der Waals surface area contributed by atoms with E-state index >= 15 is 0 Å². The van der Waals surface area contributed by atoms with Crippen molar-refractivity contribution in [2.24, 2.45) is 0 Å². The van der Waals surface area contributed by atoms with Crippen molar-refractivity contribution in [3.63, 3.8) is 0 Å². The molecular weight excluding hydrogens is 304 g/mol. The number of likely N-dealkylation sites (tertiary alicyclic amines) is 1. The highest BCUT2D eigenvalue weighted by Gasteiger charge is 2.32. The van der Waals surface area contributed by atoms with Crippen LogP contribution in [0.25, 0.3) is 0 Å². The Morgan fingerprint density at radius 1 is 1.45 bits per heavy atom. The van der Waals surface area contributed by atoms with E-state index in [1.54, 1.807) is 12.0 Å². The smallest absolute Gasteiger partial charge is 0.255 e. The van der Waals surface area contributed by atoms with Crippen LogP contribution in [0.1, 0.15) is 10.4 Å². The summed E-state index contributed by atoms with van der Waals surface area (Å²) in [4.78, 5) is 13.8. The number of amides is 1. The molecule has 1 fully saturated rings. The molecule has 6 nitrogen and oxygen atoms in total. The molecule has 0 atom stereocenters. The van der Waals surface area contributed by atoms with Crippen molar-refractivity contribution >= 4 is 27.5 Å². The number of rotatable bonds is 4. The summed E-state index contributed by atoms with van der Waals surface area (Å²) in [5.41, 5.74) is 0.178. The molecule has 0 saturated carbocycles. The zero-order valence-electron chi connectivity index (χ0n) is 11.1. The minimum atomic E-state index is -3.60. The maximum absolute atomic E-state index is 12.2. The summed E-state index contributed by atoms with van der Waals surface area (Å²) < 4.78 is 30.8. The first kappa shape index (κ1) is 15.2. The summed E-state index contributed by atoms with van der Waals surface area (Å²) in [6.45, 7) is 0.962. The summed E-state index contributed by atoms with van der Waals surface area (Å²) >= 11 is 5.99. The molecule has 0 aliphatic carbocycles. The van der Waals surface area contributed by atoms with E-state index in [-0.39, 0.29) is 27.5 Å². The molecule has 0 unspecified atom stereocenters. The Morgan fingerprint density at radius 3 is 2.65 bits per heavy atom. The van der Waals surface area contributed by atoms with Crippen LogP contribution < -0.4 is 4.72 Å². The Morgan fingerprint density at radius 2 is 2.10 bits per heavy atom. The van der Waals surface area contributed by atoms with E-state index in [2.05, 4.69) is 4.72 Å². The van der Waals surface area contributed by atoms with Crippen molar-refractivity contribution in [3.05, 3.63) is 28.8 Å². The maximum Gasteiger partial charge on any atom is 0.255 e. The van der Waals surface area contributed by atoms with Crippen molar-refractivity contribution in [1.29, 1.82) is 0 Å². The van der Waals surface area contributed by atoms with Gasteiger partial charge in [-0.3, -0.25) is 4.79 Å². The maximum atomic E-state index is 12.2. The third-order valence-corrected chi connectivity index (χ3v) is 4.96. The summed E-state index contributed by atoms with van der Waals surface area (Å²) in [6.07, 6.45) is 0.0296. The zero-order valence-corrected chi connectivity index (χ0v) is 12.7. The number of sulfonamides is 1. The number of carbonyl (C=O) groups excluding carboxylic acids is 1. The fraction of sp³-hybridized carbons (Fsp3) is 0.417. The number of hydrogen-bond donors (Lipinski definition) is 1. The largest absolute Gasteiger partial charge is 0.378 e. The van der Waals surface area contributed by atoms with Gasteiger partial charge in [-0.05, 0) is 25.2 Å². The molecule has 1 amide bonds. The lowest BCUT2D eigenvalue weighted by Gasteiger charge is -2.38. The lowest BCUT2D eigenvalue weighted by atomic mass is 10.1. The monoisotopic (exact) mass is 318 g/mol. The van der Waals surface area contributed by atoms with E-state index < -0.39 is 10.0 Å². The van der Waals surface area contributed by atoms with Gasteiger partial charge >= 0.3 is 0 Å². The van der Waals surface area contributed by atoms with Crippen LogP contribution in [0, 0.1) is 0 Å². The molecule has 1 aliphatic rings. The minimum absolute atomic E-state index is 0.0107. The lowest BCUT2D eigenvalue weighted by molar-refractivity contribution is -0.0192. The minimum Gasteiger partial charge on any atom is -0.378 e. The highest BCUT2D eigenvalue weighted by atomic mass is 35.5. The lowest BCUT2D eigenvalue weighted by Crippen LogP contribution is -2.54. The summed E-state index contributed by atoms with van der Waals surface area (Å²) in [6, 6.07) is 4.06. The Kier molecular flexibility index (Phi) is 4.33. The van der Waals surface area contributed by atoms with Gasteiger partial charge in [-0.2, -0.15) is 0 Å². The van der Waals surface area contributed by atoms with Crippen molar-refractivity contribution in [3.8, 4) is 0 Å². The molecule has 1 aromatic carbocycles. The average molecular weight is 319 g/mol. The second kappa shape index (κ2) is 5.69. The van der Waals surface area contributed by atoms with Crippen LogP contribution in [0.2, 0.25) is 5.02 Å². The Hall–Kier alpha value is -1.15. The molecule has 8 heteroatoms. The van der Waals surface area contributed by atoms with Crippen molar-refractivity contribution in [1.82, 2.24) is 9.62 Å². The fourth-order valence-electron chi connectivity index (χ4n) is 1.88. The quantitative estimate of drug-likeness (QED) is 0.887. The zero-order chi connectivity index (χ0) is 14.9. The molecule has 1 saturated heterocycles. The predicted molar refractivity (Wildman–Crippen MR) is 74.4 cm³/mol. The van der Waals surface area contributed by atoms with Crippen molar-refractivity contribution < 1.29 is 17.9 Å². The number of hydrogen-bond acceptors (Lipinski definition) is 4. The van der Waals surface area contributed by atoms with E-state index in [1.165, 1.54) is 25.2 Å². The second-order valence-electron chi connectivity index (χ2n) is 4.42. The fourth-order valence-corrected chi connectivity index (χ4v) is 2.83. The van der Waals surface area contributed by atoms with Gasteiger partial charge in [0.05, 0.1) is 21.6 Å². The number of nitrogens with zero attached hydrogens (tertiary/aromatic N) is 1. The summed E-state index contributed by atoms with van der Waals surface area (Å²) in [5.74, 6) is -0.295. The standard InChI is InChI=1S/C12H15ClN2O4S/c1-14-20(17,18)9-3-4-11(13)10(5-9)12(16)15-6-8(7-15)19-2/h3-5,8,14H,6-7H2,1-2H3. The Labute approximate surface area is 122 Å². The Bertz CT molecular complexity index is 626. The number of halogens is 1. The molecule has 0 bridgehead atoms. The topological polar surface area (TPSA) is 75.7 Å². The molecule has 110 valence electrons. The van der Waals surface area contributed by atoms with Gasteiger partial charge in [-0.25, -0.2) is 13.1 Å². The second-order valence-corrected chi connectivity index (χ2v) is 6.71. The molecule has 1 aliphatic heterocycles. The molecule has 0 aromatic heterocycles. The van der Waals surface area contributed by atoms with Gasteiger partial charge in [0.15, 0.2) is 0 Å². The first-order valence-electron chi connectivity index (χ1n) is 5.94. The van der Waals surface area contributed by atoms with Gasteiger partial charge in [-0.1, -0.05) is 11.6 Å². The molecule has 0 spiro atoms. The van der Waals surface area contributed by atoms with E-state index in [0.29, 0.717) is 13.1 Å². The molecule has 2 rings (SSSR count). The van der Waals surface area contributed by atoms with Crippen LogP contribution in [0.15, 0.2) is 23.1 Å². The van der Waals surface area contributed by atoms with E-state index in [4.69, 9.17) is 16.3 Å². The average Bonchev–Trinajstić information content (AvgIpc) is 2.37. The highest BCUT2D eigenvalue weighted by Crippen LogP contribution is 2.24. The number of nitrogens with one attached hydrogen (secondary N) is 1. The van der Waals surface area contributed by atoms with Crippen LogP contribution in [0.4, 0.5) is 0 Å². The molecule has 1 heterocycles. The molecule has 1 aromatic rings. The highest BCUT2D eigenvalue weighted by molar-refractivity contribution is 7.89. The van der Waals surface area contributed by atoms with Gasteiger partial charge in [0.1, 0.15) is 0 Å². The van der Waals surface area contributed by atoms with Gasteiger partial charge < -0.3 is 9.64 Å². The molecule has 0 radical (unpaired) electrons. The number of methoxy groups -OCH3 is 1. The van der Waals surface area contributed by atoms with Crippen LogP contribution in [0.3, 0.4) is 0 Å². The van der Waals surface area contributed by atoms with Crippen LogP contribution in [0.5, 0.6) is 0 Å². The van der Waals surface area contributed by atoms with Crippen LogP contribution in [-0.2, 0) is 14.8 Å².